The van der Waals surface area contributed by atoms with Gasteiger partial charge in [-0.3, -0.25) is 9.78 Å². The van der Waals surface area contributed by atoms with E-state index in [0.717, 1.165) is 53.8 Å². The number of amides is 1. The number of aryl methyl sites for hydroxylation is 4. The Kier molecular flexibility index (Phi) is 13.9. The number of rotatable bonds is 17. The van der Waals surface area contributed by atoms with E-state index in [9.17, 15) is 4.79 Å². The van der Waals surface area contributed by atoms with E-state index in [1.54, 1.807) is 20.3 Å². The van der Waals surface area contributed by atoms with Crippen LogP contribution in [0.15, 0.2) is 91.0 Å². The predicted octanol–water partition coefficient (Wildman–Crippen LogP) is 10.6. The lowest BCUT2D eigenvalue weighted by molar-refractivity contribution is -0.0796. The number of ether oxygens (including phenoxy) is 6. The van der Waals surface area contributed by atoms with Gasteiger partial charge in [0.15, 0.2) is 11.5 Å². The van der Waals surface area contributed by atoms with Crippen molar-refractivity contribution in [1.29, 1.82) is 0 Å². The van der Waals surface area contributed by atoms with Crippen molar-refractivity contribution in [3.05, 3.63) is 141 Å². The molecule has 0 fully saturated rings. The van der Waals surface area contributed by atoms with Crippen LogP contribution in [0.3, 0.4) is 0 Å². The summed E-state index contributed by atoms with van der Waals surface area (Å²) in [5, 5.41) is 0. The van der Waals surface area contributed by atoms with Gasteiger partial charge in [-0.1, -0.05) is 49.4 Å². The fraction of sp³-hybridized carbons (Fsp3) is 0.385. The van der Waals surface area contributed by atoms with Crippen molar-refractivity contribution in [2.45, 2.75) is 99.0 Å². The minimum Gasteiger partial charge on any atom is -0.493 e. The molecule has 10 nitrogen and oxygen atoms in total. The van der Waals surface area contributed by atoms with Crippen LogP contribution in [0.4, 0.5) is 11.4 Å². The van der Waals surface area contributed by atoms with Crippen LogP contribution in [0, 0.1) is 13.8 Å². The van der Waals surface area contributed by atoms with Gasteiger partial charge in [0, 0.05) is 60.0 Å². The zero-order valence-corrected chi connectivity index (χ0v) is 37.8. The van der Waals surface area contributed by atoms with E-state index in [1.165, 1.54) is 28.1 Å². The molecule has 0 spiro atoms. The van der Waals surface area contributed by atoms with Gasteiger partial charge in [-0.15, -0.1) is 0 Å². The summed E-state index contributed by atoms with van der Waals surface area (Å²) in [6, 6.07) is 29.1. The molecule has 0 bridgehead atoms. The molecule has 62 heavy (non-hydrogen) atoms. The molecule has 1 atom stereocenters. The Bertz CT molecular complexity index is 2420. The van der Waals surface area contributed by atoms with Crippen LogP contribution >= 0.6 is 0 Å². The second-order valence-corrected chi connectivity index (χ2v) is 16.7. The molecule has 5 aromatic rings. The number of allylic oxidation sites excluding steroid dienone is 1. The van der Waals surface area contributed by atoms with Crippen molar-refractivity contribution in [1.82, 2.24) is 4.98 Å². The van der Waals surface area contributed by atoms with E-state index >= 15 is 0 Å². The maximum absolute atomic E-state index is 14.1. The lowest BCUT2D eigenvalue weighted by Crippen LogP contribution is -2.34. The van der Waals surface area contributed by atoms with E-state index in [2.05, 4.69) is 74.2 Å². The number of fused-ring (bicyclic) bond motifs is 4. The molecular formula is C52H61N3O7. The average Bonchev–Trinajstić information content (AvgIpc) is 3.56. The van der Waals surface area contributed by atoms with Crippen molar-refractivity contribution in [2.75, 3.05) is 44.0 Å². The summed E-state index contributed by atoms with van der Waals surface area (Å²) in [4.78, 5) is 23.4. The van der Waals surface area contributed by atoms with Gasteiger partial charge < -0.3 is 38.2 Å². The number of nitrogens with zero attached hydrogens (tertiary/aromatic N) is 3. The normalized spacial score (nSPS) is 15.1. The molecule has 1 amide bonds. The van der Waals surface area contributed by atoms with Crippen LogP contribution < -0.4 is 28.7 Å². The number of pyridine rings is 1. The summed E-state index contributed by atoms with van der Waals surface area (Å²) in [5.41, 5.74) is 11.6. The summed E-state index contributed by atoms with van der Waals surface area (Å²) in [6.45, 7) is 15.5. The molecule has 0 radical (unpaired) electrons. The van der Waals surface area contributed by atoms with Crippen LogP contribution in [0.2, 0.25) is 0 Å². The maximum Gasteiger partial charge on any atom is 0.258 e. The summed E-state index contributed by atoms with van der Waals surface area (Å²) in [7, 11) is 3.18. The summed E-state index contributed by atoms with van der Waals surface area (Å²) >= 11 is 0. The quantitative estimate of drug-likeness (QED) is 0.0670. The summed E-state index contributed by atoms with van der Waals surface area (Å²) in [6.07, 6.45) is 6.15. The lowest BCUT2D eigenvalue weighted by atomic mass is 9.97. The Balaban J connectivity index is 1.13. The van der Waals surface area contributed by atoms with E-state index in [-0.39, 0.29) is 25.9 Å². The molecule has 10 heteroatoms. The van der Waals surface area contributed by atoms with Crippen molar-refractivity contribution >= 4 is 23.0 Å². The number of carbonyl (C=O) groups is 1. The van der Waals surface area contributed by atoms with Crippen LogP contribution in [-0.2, 0) is 41.9 Å². The largest absolute Gasteiger partial charge is 0.493 e. The minimum atomic E-state index is -0.671. The van der Waals surface area contributed by atoms with E-state index < -0.39 is 5.60 Å². The van der Waals surface area contributed by atoms with E-state index in [0.29, 0.717) is 53.4 Å². The Hall–Kier alpha value is -5.84. The Morgan fingerprint density at radius 2 is 1.60 bits per heavy atom. The molecule has 0 saturated carbocycles. The fourth-order valence-corrected chi connectivity index (χ4v) is 8.75. The van der Waals surface area contributed by atoms with Gasteiger partial charge in [-0.25, -0.2) is 0 Å². The highest BCUT2D eigenvalue weighted by atomic mass is 16.7. The SMILES string of the molecule is C/C=C1/c2cc(C)c(OCc3cc(OC(C)(C)COCOC)cc(COc4cc(C)c(C(=O)N(CC)c5ccccc5CC)cc4OC)n3)cc2CC[C@@H]2Cc3ccccc3N12. The first-order valence-corrected chi connectivity index (χ1v) is 21.7. The van der Waals surface area contributed by atoms with Crippen molar-refractivity contribution in [3.8, 4) is 23.0 Å². The number of hydrogen-bond acceptors (Lipinski definition) is 9. The fourth-order valence-electron chi connectivity index (χ4n) is 8.75. The molecule has 2 aliphatic heterocycles. The zero-order chi connectivity index (χ0) is 44.0. The number of benzene rings is 4. The number of para-hydroxylation sites is 2. The van der Waals surface area contributed by atoms with E-state index in [1.807, 2.05) is 69.0 Å². The van der Waals surface area contributed by atoms with Crippen LogP contribution in [0.25, 0.3) is 5.70 Å². The van der Waals surface area contributed by atoms with Gasteiger partial charge in [0.2, 0.25) is 0 Å². The highest BCUT2D eigenvalue weighted by molar-refractivity contribution is 6.07. The third-order valence-electron chi connectivity index (χ3n) is 11.7. The Morgan fingerprint density at radius 3 is 2.31 bits per heavy atom. The Labute approximate surface area is 367 Å². The number of hydrogen-bond donors (Lipinski definition) is 0. The van der Waals surface area contributed by atoms with Crippen LogP contribution in [0.5, 0.6) is 23.0 Å². The van der Waals surface area contributed by atoms with Crippen LogP contribution in [0.1, 0.15) is 96.2 Å². The van der Waals surface area contributed by atoms with Gasteiger partial charge in [0.05, 0.1) is 25.1 Å². The lowest BCUT2D eigenvalue weighted by Gasteiger charge is -2.28. The van der Waals surface area contributed by atoms with Crippen molar-refractivity contribution in [3.63, 3.8) is 0 Å². The highest BCUT2D eigenvalue weighted by Gasteiger charge is 2.35. The van der Waals surface area contributed by atoms with Gasteiger partial charge in [-0.2, -0.15) is 0 Å². The van der Waals surface area contributed by atoms with Gasteiger partial charge in [-0.05, 0) is 131 Å². The molecule has 2 aliphatic rings. The zero-order valence-electron chi connectivity index (χ0n) is 37.8. The molecule has 326 valence electrons. The number of carbonyl (C=O) groups excluding carboxylic acids is 1. The third kappa shape index (κ3) is 9.62. The summed E-state index contributed by atoms with van der Waals surface area (Å²) < 4.78 is 36.1. The summed E-state index contributed by atoms with van der Waals surface area (Å²) in [5.74, 6) is 2.30. The molecule has 4 aromatic carbocycles. The Morgan fingerprint density at radius 1 is 0.871 bits per heavy atom. The monoisotopic (exact) mass is 839 g/mol. The molecule has 1 aromatic heterocycles. The van der Waals surface area contributed by atoms with Crippen molar-refractivity contribution in [2.24, 2.45) is 0 Å². The molecular weight excluding hydrogens is 779 g/mol. The smallest absolute Gasteiger partial charge is 0.258 e. The molecule has 0 aliphatic carbocycles. The average molecular weight is 840 g/mol. The van der Waals surface area contributed by atoms with E-state index in [4.69, 9.17) is 33.4 Å². The first-order chi connectivity index (χ1) is 30.0. The van der Waals surface area contributed by atoms with Gasteiger partial charge in [0.25, 0.3) is 5.91 Å². The standard InChI is InChI=1S/C52H61N3O7/c1-10-36-17-13-15-19-46(36)54(12-3)51(56)43-29-49(58-9)50(24-34(43)4)61-31-40-28-42(62-52(6,7)32-59-33-57-8)27-39(53-40)30-60-48-26-37-21-22-41-25-38-18-14-16-20-47(38)55(41)45(11-2)44(37)23-35(48)5/h11,13-20,23-24,26-29,41H,10,12,21-22,25,30-33H2,1-9H3/b45-11-/t41-/m1/s1. The second-order valence-electron chi connectivity index (χ2n) is 16.7. The van der Waals surface area contributed by atoms with Crippen LogP contribution in [-0.4, -0.2) is 56.7 Å². The van der Waals surface area contributed by atoms with Gasteiger partial charge >= 0.3 is 0 Å². The molecule has 0 N–H and O–H groups in total. The minimum absolute atomic E-state index is 0.0953. The highest BCUT2D eigenvalue weighted by Crippen LogP contribution is 2.44. The van der Waals surface area contributed by atoms with Gasteiger partial charge in [0.1, 0.15) is 37.1 Å². The molecule has 7 rings (SSSR count). The molecule has 0 saturated heterocycles. The topological polar surface area (TPSA) is 91.8 Å². The number of methoxy groups -OCH3 is 2. The predicted molar refractivity (Wildman–Crippen MR) is 246 cm³/mol. The molecule has 3 heterocycles. The first-order valence-electron chi connectivity index (χ1n) is 21.7. The second kappa shape index (κ2) is 19.5. The van der Waals surface area contributed by atoms with Crippen molar-refractivity contribution < 1.29 is 33.2 Å². The number of anilines is 2. The first kappa shape index (κ1) is 44.2. The maximum atomic E-state index is 14.1. The molecule has 0 unspecified atom stereocenters. The third-order valence-corrected chi connectivity index (χ3v) is 11.7. The number of aromatic nitrogens is 1.